The molecule has 0 bridgehead atoms. The molecular weight excluding hydrogens is 555 g/mol. The average molecular weight is 594 g/mol. The standard InChI is InChI=1S/C45H39N/c1-28-7-16-38(17-8-28)46(40-20-29(2)19-30(3)21-40)39-18-13-34-25-42-43-26-35-22-32(31-11-14-37(15-12-31)45(4,5)6)9-10-33(35)24-41(43)44(42)27-36(34)23-39/h7-27H,1-6H3. The molecule has 46 heavy (non-hydrogen) atoms. The number of hydrogen-bond acceptors (Lipinski definition) is 1. The Labute approximate surface area is 272 Å². The van der Waals surface area contributed by atoms with Gasteiger partial charge in [0.1, 0.15) is 0 Å². The summed E-state index contributed by atoms with van der Waals surface area (Å²) >= 11 is 0. The maximum absolute atomic E-state index is 2.39. The molecule has 1 aliphatic carbocycles. The van der Waals surface area contributed by atoms with Crippen LogP contribution >= 0.6 is 0 Å². The Hall–Kier alpha value is -5.14. The van der Waals surface area contributed by atoms with Crippen LogP contribution < -0.4 is 4.90 Å². The Bertz CT molecular complexity index is 2280. The van der Waals surface area contributed by atoms with Crippen molar-refractivity contribution in [3.05, 3.63) is 150 Å². The number of anilines is 3. The van der Waals surface area contributed by atoms with Gasteiger partial charge in [0, 0.05) is 17.1 Å². The summed E-state index contributed by atoms with van der Waals surface area (Å²) in [4.78, 5) is 2.38. The summed E-state index contributed by atoms with van der Waals surface area (Å²) < 4.78 is 0. The second-order valence-corrected chi connectivity index (χ2v) is 14.2. The van der Waals surface area contributed by atoms with Gasteiger partial charge in [0.15, 0.2) is 0 Å². The summed E-state index contributed by atoms with van der Waals surface area (Å²) in [7, 11) is 0. The van der Waals surface area contributed by atoms with Crippen LogP contribution in [0, 0.1) is 20.8 Å². The van der Waals surface area contributed by atoms with E-state index in [9.17, 15) is 0 Å². The highest BCUT2D eigenvalue weighted by Crippen LogP contribution is 2.51. The summed E-state index contributed by atoms with van der Waals surface area (Å²) in [6, 6.07) is 48.0. The van der Waals surface area contributed by atoms with Gasteiger partial charge in [0.05, 0.1) is 0 Å². The molecular formula is C45H39N. The molecule has 0 fully saturated rings. The average Bonchev–Trinajstić information content (AvgIpc) is 3.03. The first-order valence-corrected chi connectivity index (χ1v) is 16.3. The maximum atomic E-state index is 2.39. The Morgan fingerprint density at radius 3 is 1.46 bits per heavy atom. The fourth-order valence-electron chi connectivity index (χ4n) is 7.11. The SMILES string of the molecule is Cc1ccc(N(c2cc(C)cc(C)c2)c2ccc3cc4c(cc3c2)-c2cc3ccc(-c5ccc(C(C)(C)C)cc5)cc3cc2-4)cc1. The normalized spacial score (nSPS) is 12.1. The highest BCUT2D eigenvalue weighted by molar-refractivity contribution is 6.12. The molecule has 0 heterocycles. The van der Waals surface area contributed by atoms with Crippen LogP contribution in [0.3, 0.4) is 0 Å². The first-order chi connectivity index (χ1) is 22.1. The minimum atomic E-state index is 0.157. The fourth-order valence-corrected chi connectivity index (χ4v) is 7.11. The van der Waals surface area contributed by atoms with Gasteiger partial charge in [-0.05, 0) is 165 Å². The number of hydrogen-bond donors (Lipinski definition) is 0. The number of benzene rings is 7. The number of fused-ring (bicyclic) bond motifs is 6. The summed E-state index contributed by atoms with van der Waals surface area (Å²) in [5.74, 6) is 0. The second kappa shape index (κ2) is 10.5. The third-order valence-corrected chi connectivity index (χ3v) is 9.62. The van der Waals surface area contributed by atoms with Crippen molar-refractivity contribution in [2.75, 3.05) is 4.90 Å². The lowest BCUT2D eigenvalue weighted by atomic mass is 9.77. The van der Waals surface area contributed by atoms with Crippen molar-refractivity contribution < 1.29 is 0 Å². The first kappa shape index (κ1) is 28.3. The summed E-state index contributed by atoms with van der Waals surface area (Å²) in [6.45, 7) is 13.3. The van der Waals surface area contributed by atoms with Crippen molar-refractivity contribution in [1.29, 1.82) is 0 Å². The van der Waals surface area contributed by atoms with Gasteiger partial charge in [-0.15, -0.1) is 0 Å². The largest absolute Gasteiger partial charge is 0.310 e. The van der Waals surface area contributed by atoms with Gasteiger partial charge in [-0.3, -0.25) is 0 Å². The quantitative estimate of drug-likeness (QED) is 0.196. The molecule has 7 aromatic carbocycles. The van der Waals surface area contributed by atoms with E-state index in [1.807, 2.05) is 0 Å². The van der Waals surface area contributed by atoms with Gasteiger partial charge in [-0.2, -0.15) is 0 Å². The molecule has 1 nitrogen and oxygen atoms in total. The summed E-state index contributed by atoms with van der Waals surface area (Å²) in [5.41, 5.74) is 16.8. The van der Waals surface area contributed by atoms with E-state index in [1.165, 1.54) is 94.2 Å². The van der Waals surface area contributed by atoms with Gasteiger partial charge in [-0.25, -0.2) is 0 Å². The summed E-state index contributed by atoms with van der Waals surface area (Å²) in [5, 5.41) is 5.11. The van der Waals surface area contributed by atoms with Crippen molar-refractivity contribution in [3.63, 3.8) is 0 Å². The molecule has 0 saturated carbocycles. The third-order valence-electron chi connectivity index (χ3n) is 9.62. The molecule has 0 aromatic heterocycles. The third kappa shape index (κ3) is 4.88. The van der Waals surface area contributed by atoms with Gasteiger partial charge < -0.3 is 4.90 Å². The van der Waals surface area contributed by atoms with Crippen LogP contribution in [-0.4, -0.2) is 0 Å². The van der Waals surface area contributed by atoms with Crippen molar-refractivity contribution >= 4 is 38.6 Å². The van der Waals surface area contributed by atoms with E-state index in [4.69, 9.17) is 0 Å². The van der Waals surface area contributed by atoms with E-state index in [0.29, 0.717) is 0 Å². The van der Waals surface area contributed by atoms with Crippen LogP contribution in [0.4, 0.5) is 17.1 Å². The van der Waals surface area contributed by atoms with E-state index in [-0.39, 0.29) is 5.41 Å². The molecule has 0 atom stereocenters. The van der Waals surface area contributed by atoms with Crippen LogP contribution in [-0.2, 0) is 5.41 Å². The molecule has 0 saturated heterocycles. The molecule has 0 aliphatic heterocycles. The van der Waals surface area contributed by atoms with Crippen LogP contribution in [0.15, 0.2) is 127 Å². The number of aryl methyl sites for hydroxylation is 3. The van der Waals surface area contributed by atoms with E-state index in [2.05, 4.69) is 174 Å². The van der Waals surface area contributed by atoms with Crippen LogP contribution in [0.5, 0.6) is 0 Å². The Kier molecular flexibility index (Phi) is 6.44. The van der Waals surface area contributed by atoms with Crippen LogP contribution in [0.1, 0.15) is 43.0 Å². The molecule has 224 valence electrons. The smallest absolute Gasteiger partial charge is 0.0468 e. The monoisotopic (exact) mass is 593 g/mol. The molecule has 0 amide bonds. The van der Waals surface area contributed by atoms with Crippen molar-refractivity contribution in [1.82, 2.24) is 0 Å². The van der Waals surface area contributed by atoms with E-state index in [0.717, 1.165) is 0 Å². The topological polar surface area (TPSA) is 3.24 Å². The molecule has 0 radical (unpaired) electrons. The van der Waals surface area contributed by atoms with Crippen molar-refractivity contribution in [2.45, 2.75) is 47.0 Å². The molecule has 0 spiro atoms. The second-order valence-electron chi connectivity index (χ2n) is 14.2. The lowest BCUT2D eigenvalue weighted by molar-refractivity contribution is 0.590. The predicted octanol–water partition coefficient (Wildman–Crippen LogP) is 13.0. The Balaban J connectivity index is 1.18. The summed E-state index contributed by atoms with van der Waals surface area (Å²) in [6.07, 6.45) is 0. The van der Waals surface area contributed by atoms with E-state index < -0.39 is 0 Å². The van der Waals surface area contributed by atoms with Crippen molar-refractivity contribution in [2.24, 2.45) is 0 Å². The molecule has 0 N–H and O–H groups in total. The molecule has 1 heteroatoms. The highest BCUT2D eigenvalue weighted by Gasteiger charge is 2.24. The minimum Gasteiger partial charge on any atom is -0.310 e. The lowest BCUT2D eigenvalue weighted by Crippen LogP contribution is -2.10. The lowest BCUT2D eigenvalue weighted by Gasteiger charge is -2.28. The highest BCUT2D eigenvalue weighted by atomic mass is 15.1. The Morgan fingerprint density at radius 1 is 0.370 bits per heavy atom. The first-order valence-electron chi connectivity index (χ1n) is 16.3. The molecule has 1 aliphatic rings. The minimum absolute atomic E-state index is 0.157. The van der Waals surface area contributed by atoms with Gasteiger partial charge >= 0.3 is 0 Å². The number of rotatable bonds is 4. The zero-order valence-electron chi connectivity index (χ0n) is 27.6. The van der Waals surface area contributed by atoms with E-state index in [1.54, 1.807) is 0 Å². The van der Waals surface area contributed by atoms with Gasteiger partial charge in [0.2, 0.25) is 0 Å². The molecule has 7 aromatic rings. The predicted molar refractivity (Wildman–Crippen MR) is 199 cm³/mol. The fraction of sp³-hybridized carbons (Fsp3) is 0.156. The number of nitrogens with zero attached hydrogens (tertiary/aromatic N) is 1. The zero-order chi connectivity index (χ0) is 31.7. The van der Waals surface area contributed by atoms with E-state index >= 15 is 0 Å². The van der Waals surface area contributed by atoms with Crippen LogP contribution in [0.2, 0.25) is 0 Å². The maximum Gasteiger partial charge on any atom is 0.0468 e. The van der Waals surface area contributed by atoms with Crippen LogP contribution in [0.25, 0.3) is 54.9 Å². The Morgan fingerprint density at radius 2 is 0.870 bits per heavy atom. The molecule has 0 unspecified atom stereocenters. The van der Waals surface area contributed by atoms with Gasteiger partial charge in [0.25, 0.3) is 0 Å². The van der Waals surface area contributed by atoms with Crippen molar-refractivity contribution in [3.8, 4) is 33.4 Å². The zero-order valence-corrected chi connectivity index (χ0v) is 27.6. The molecule has 8 rings (SSSR count). The van der Waals surface area contributed by atoms with Gasteiger partial charge in [-0.1, -0.05) is 87.0 Å².